The number of benzene rings is 3. The summed E-state index contributed by atoms with van der Waals surface area (Å²) in [5.74, 6) is 0.327. The monoisotopic (exact) mass is 518 g/mol. The number of pyridine rings is 1. The van der Waals surface area contributed by atoms with Crippen LogP contribution in [0.3, 0.4) is 0 Å². The van der Waals surface area contributed by atoms with E-state index in [2.05, 4.69) is 15.8 Å². The van der Waals surface area contributed by atoms with Gasteiger partial charge in [0.25, 0.3) is 11.8 Å². The zero-order valence-electron chi connectivity index (χ0n) is 21.5. The summed E-state index contributed by atoms with van der Waals surface area (Å²) in [4.78, 5) is 30.2. The number of nitrogens with zero attached hydrogens (tertiary/aromatic N) is 2. The number of amides is 2. The average molecular weight is 519 g/mol. The van der Waals surface area contributed by atoms with Crippen LogP contribution in [0.2, 0.25) is 0 Å². The molecule has 0 aliphatic rings. The molecule has 8 nitrogen and oxygen atoms in total. The molecule has 0 fully saturated rings. The van der Waals surface area contributed by atoms with Gasteiger partial charge in [0.1, 0.15) is 5.75 Å². The van der Waals surface area contributed by atoms with Gasteiger partial charge in [0, 0.05) is 16.6 Å². The van der Waals surface area contributed by atoms with E-state index in [1.165, 1.54) is 6.26 Å². The number of carbonyl (C=O) groups excluding carboxylic acids is 2. The van der Waals surface area contributed by atoms with Crippen LogP contribution in [-0.2, 0) is 0 Å². The van der Waals surface area contributed by atoms with E-state index in [-0.39, 0.29) is 17.6 Å². The first-order valence-corrected chi connectivity index (χ1v) is 12.4. The Morgan fingerprint density at radius 1 is 0.923 bits per heavy atom. The van der Waals surface area contributed by atoms with Gasteiger partial charge in [-0.15, -0.1) is 0 Å². The van der Waals surface area contributed by atoms with Gasteiger partial charge in [-0.25, -0.2) is 10.4 Å². The first-order valence-electron chi connectivity index (χ1n) is 12.4. The minimum atomic E-state index is -0.345. The van der Waals surface area contributed by atoms with E-state index in [9.17, 15) is 9.59 Å². The van der Waals surface area contributed by atoms with Gasteiger partial charge in [-0.1, -0.05) is 30.3 Å². The zero-order chi connectivity index (χ0) is 27.2. The largest absolute Gasteiger partial charge is 0.494 e. The van der Waals surface area contributed by atoms with Crippen LogP contribution in [0.4, 0.5) is 5.69 Å². The highest BCUT2D eigenvalue weighted by atomic mass is 16.5. The third kappa shape index (κ3) is 5.86. The molecule has 2 heterocycles. The third-order valence-electron chi connectivity index (χ3n) is 6.05. The summed E-state index contributed by atoms with van der Waals surface area (Å²) in [5, 5.41) is 7.82. The third-order valence-corrected chi connectivity index (χ3v) is 6.05. The molecule has 5 aromatic rings. The van der Waals surface area contributed by atoms with Gasteiger partial charge in [0.05, 0.1) is 35.4 Å². The molecule has 0 spiro atoms. The molecule has 0 saturated heterocycles. The summed E-state index contributed by atoms with van der Waals surface area (Å²) in [7, 11) is 0. The standard InChI is InChI=1S/C31H26N4O4/c1-3-38-24-16-12-22(13-17-24)28-19-26(25-7-4-5-8-27(25)33-28)30(36)35-34-20(2)21-10-14-23(15-11-21)32-31(37)29-9-6-18-39-29/h4-19H,3H2,1-2H3,(H,32,37)(H,35,36). The predicted molar refractivity (Wildman–Crippen MR) is 151 cm³/mol. The second-order valence-corrected chi connectivity index (χ2v) is 8.68. The lowest BCUT2D eigenvalue weighted by Gasteiger charge is -2.10. The van der Waals surface area contributed by atoms with Crippen molar-refractivity contribution in [2.75, 3.05) is 11.9 Å². The molecule has 0 aliphatic heterocycles. The summed E-state index contributed by atoms with van der Waals surface area (Å²) in [6.07, 6.45) is 1.45. The molecule has 0 saturated carbocycles. The fourth-order valence-corrected chi connectivity index (χ4v) is 4.05. The second kappa shape index (κ2) is 11.4. The van der Waals surface area contributed by atoms with Crippen molar-refractivity contribution >= 4 is 34.1 Å². The lowest BCUT2D eigenvalue weighted by atomic mass is 10.0. The van der Waals surface area contributed by atoms with Crippen molar-refractivity contribution in [1.82, 2.24) is 10.4 Å². The number of furan rings is 1. The van der Waals surface area contributed by atoms with Crippen molar-refractivity contribution in [2.24, 2.45) is 5.10 Å². The highest BCUT2D eigenvalue weighted by Gasteiger charge is 2.14. The van der Waals surface area contributed by atoms with Crippen LogP contribution in [0.1, 0.15) is 40.3 Å². The van der Waals surface area contributed by atoms with E-state index in [0.717, 1.165) is 22.3 Å². The molecule has 0 aliphatic carbocycles. The number of rotatable bonds is 8. The van der Waals surface area contributed by atoms with E-state index in [0.29, 0.717) is 34.8 Å². The molecule has 194 valence electrons. The Morgan fingerprint density at radius 3 is 2.41 bits per heavy atom. The summed E-state index contributed by atoms with van der Waals surface area (Å²) in [6.45, 7) is 4.32. The van der Waals surface area contributed by atoms with Gasteiger partial charge in [-0.3, -0.25) is 9.59 Å². The Bertz CT molecular complexity index is 1640. The van der Waals surface area contributed by atoms with E-state index in [4.69, 9.17) is 14.1 Å². The first-order chi connectivity index (χ1) is 19.0. The molecule has 2 aromatic heterocycles. The van der Waals surface area contributed by atoms with Crippen molar-refractivity contribution in [1.29, 1.82) is 0 Å². The molecule has 2 N–H and O–H groups in total. The van der Waals surface area contributed by atoms with Gasteiger partial charge in [0.15, 0.2) is 5.76 Å². The lowest BCUT2D eigenvalue weighted by Crippen LogP contribution is -2.20. The highest BCUT2D eigenvalue weighted by Crippen LogP contribution is 2.26. The van der Waals surface area contributed by atoms with Crippen LogP contribution in [-0.4, -0.2) is 29.1 Å². The summed E-state index contributed by atoms with van der Waals surface area (Å²) in [6, 6.07) is 27.3. The average Bonchev–Trinajstić information content (AvgIpc) is 3.52. The predicted octanol–water partition coefficient (Wildman–Crippen LogP) is 6.30. The number of carbonyl (C=O) groups is 2. The number of nitrogens with one attached hydrogen (secondary N) is 2. The quantitative estimate of drug-likeness (QED) is 0.185. The van der Waals surface area contributed by atoms with E-state index < -0.39 is 0 Å². The van der Waals surface area contributed by atoms with Crippen molar-refractivity contribution in [3.63, 3.8) is 0 Å². The van der Waals surface area contributed by atoms with Crippen molar-refractivity contribution in [3.05, 3.63) is 114 Å². The lowest BCUT2D eigenvalue weighted by molar-refractivity contribution is 0.0955. The van der Waals surface area contributed by atoms with E-state index in [1.807, 2.05) is 67.6 Å². The minimum absolute atomic E-state index is 0.230. The molecule has 0 unspecified atom stereocenters. The Labute approximate surface area is 225 Å². The topological polar surface area (TPSA) is 106 Å². The molecule has 0 bridgehead atoms. The number of fused-ring (bicyclic) bond motifs is 1. The molecule has 0 atom stereocenters. The summed E-state index contributed by atoms with van der Waals surface area (Å²) >= 11 is 0. The van der Waals surface area contributed by atoms with Gasteiger partial charge < -0.3 is 14.5 Å². The molecule has 0 radical (unpaired) electrons. The first kappa shape index (κ1) is 25.4. The van der Waals surface area contributed by atoms with Crippen LogP contribution in [0.25, 0.3) is 22.2 Å². The maximum atomic E-state index is 13.3. The van der Waals surface area contributed by atoms with Crippen LogP contribution < -0.4 is 15.5 Å². The van der Waals surface area contributed by atoms with Gasteiger partial charge >= 0.3 is 0 Å². The Morgan fingerprint density at radius 2 is 1.69 bits per heavy atom. The Balaban J connectivity index is 1.34. The molecule has 3 aromatic carbocycles. The fraction of sp³-hybridized carbons (Fsp3) is 0.0968. The number of hydrazone groups is 1. The molecular weight excluding hydrogens is 492 g/mol. The number of anilines is 1. The van der Waals surface area contributed by atoms with Crippen molar-refractivity contribution in [2.45, 2.75) is 13.8 Å². The van der Waals surface area contributed by atoms with Crippen LogP contribution in [0.5, 0.6) is 5.75 Å². The minimum Gasteiger partial charge on any atom is -0.494 e. The maximum Gasteiger partial charge on any atom is 0.291 e. The Kier molecular flexibility index (Phi) is 7.45. The van der Waals surface area contributed by atoms with E-state index >= 15 is 0 Å². The SMILES string of the molecule is CCOc1ccc(-c2cc(C(=O)NN=C(C)c3ccc(NC(=O)c4ccco4)cc3)c3ccccc3n2)cc1. The number of hydrogen-bond acceptors (Lipinski definition) is 6. The number of aromatic nitrogens is 1. The second-order valence-electron chi connectivity index (χ2n) is 8.68. The molecule has 5 rings (SSSR count). The number of para-hydroxylation sites is 1. The van der Waals surface area contributed by atoms with Crippen LogP contribution in [0.15, 0.2) is 107 Å². The summed E-state index contributed by atoms with van der Waals surface area (Å²) < 4.78 is 10.6. The van der Waals surface area contributed by atoms with Gasteiger partial charge in [-0.2, -0.15) is 5.10 Å². The maximum absolute atomic E-state index is 13.3. The highest BCUT2D eigenvalue weighted by molar-refractivity contribution is 6.08. The van der Waals surface area contributed by atoms with E-state index in [1.54, 1.807) is 37.3 Å². The van der Waals surface area contributed by atoms with Gasteiger partial charge in [-0.05, 0) is 80.1 Å². The van der Waals surface area contributed by atoms with Crippen molar-refractivity contribution < 1.29 is 18.7 Å². The Hall–Kier alpha value is -5.24. The number of hydrogen-bond donors (Lipinski definition) is 2. The van der Waals surface area contributed by atoms with Gasteiger partial charge in [0.2, 0.25) is 0 Å². The molecule has 2 amide bonds. The fourth-order valence-electron chi connectivity index (χ4n) is 4.05. The zero-order valence-corrected chi connectivity index (χ0v) is 21.5. The summed E-state index contributed by atoms with van der Waals surface area (Å²) in [5.41, 5.74) is 7.42. The smallest absolute Gasteiger partial charge is 0.291 e. The van der Waals surface area contributed by atoms with Crippen LogP contribution in [0, 0.1) is 0 Å². The number of ether oxygens (including phenoxy) is 1. The molecule has 8 heteroatoms. The van der Waals surface area contributed by atoms with Crippen LogP contribution >= 0.6 is 0 Å². The van der Waals surface area contributed by atoms with Crippen molar-refractivity contribution in [3.8, 4) is 17.0 Å². The normalized spacial score (nSPS) is 11.3. The molecular formula is C31H26N4O4. The molecule has 39 heavy (non-hydrogen) atoms.